The summed E-state index contributed by atoms with van der Waals surface area (Å²) >= 11 is 6.37. The molecule has 0 unspecified atom stereocenters. The number of hydrogen-bond donors (Lipinski definition) is 2. The Morgan fingerprint density at radius 2 is 1.69 bits per heavy atom. The molecule has 0 aliphatic carbocycles. The van der Waals surface area contributed by atoms with Crippen molar-refractivity contribution >= 4 is 35.3 Å². The number of rotatable bonds is 10. The number of benzene rings is 3. The lowest BCUT2D eigenvalue weighted by atomic mass is 10.2. The van der Waals surface area contributed by atoms with Gasteiger partial charge in [-0.3, -0.25) is 9.59 Å². The summed E-state index contributed by atoms with van der Waals surface area (Å²) < 4.78 is 21.4. The van der Waals surface area contributed by atoms with Crippen molar-refractivity contribution in [2.75, 3.05) is 33.3 Å². The lowest BCUT2D eigenvalue weighted by Crippen LogP contribution is -2.20. The molecule has 9 nitrogen and oxygen atoms in total. The second-order valence-electron chi connectivity index (χ2n) is 7.51. The number of methoxy groups -OCH3 is 3. The summed E-state index contributed by atoms with van der Waals surface area (Å²) in [5.74, 6) is 0.665. The van der Waals surface area contributed by atoms with E-state index in [-0.39, 0.29) is 23.3 Å². The maximum Gasteiger partial charge on any atom is 0.271 e. The van der Waals surface area contributed by atoms with Crippen LogP contribution < -0.4 is 29.7 Å². The zero-order chi connectivity index (χ0) is 26.1. The number of hydrazone groups is 1. The first kappa shape index (κ1) is 26.4. The minimum atomic E-state index is -0.440. The van der Waals surface area contributed by atoms with Gasteiger partial charge in [-0.1, -0.05) is 23.7 Å². The molecule has 0 heterocycles. The van der Waals surface area contributed by atoms with Crippen molar-refractivity contribution in [3.05, 3.63) is 76.3 Å². The second-order valence-corrected chi connectivity index (χ2v) is 7.92. The van der Waals surface area contributed by atoms with Crippen LogP contribution in [-0.2, 0) is 4.79 Å². The number of nitrogens with zero attached hydrogens (tertiary/aromatic N) is 1. The molecule has 0 spiro atoms. The summed E-state index contributed by atoms with van der Waals surface area (Å²) in [7, 11) is 4.45. The zero-order valence-corrected chi connectivity index (χ0v) is 21.0. The van der Waals surface area contributed by atoms with Crippen LogP contribution in [0.1, 0.15) is 21.5 Å². The van der Waals surface area contributed by atoms with E-state index >= 15 is 0 Å². The van der Waals surface area contributed by atoms with Gasteiger partial charge >= 0.3 is 0 Å². The molecule has 188 valence electrons. The van der Waals surface area contributed by atoms with Gasteiger partial charge in [-0.15, -0.1) is 0 Å². The number of amides is 2. The number of ether oxygens (including phenoxy) is 4. The highest BCUT2D eigenvalue weighted by molar-refractivity contribution is 6.32. The third-order valence-corrected chi connectivity index (χ3v) is 5.21. The van der Waals surface area contributed by atoms with Crippen molar-refractivity contribution in [1.82, 2.24) is 5.43 Å². The molecule has 10 heteroatoms. The number of carbonyl (C=O) groups excluding carboxylic acids is 2. The SMILES string of the molecule is COc1ccc(C(=O)N/N=C/c2cc(Cl)c(OCC(=O)Nc3cccc(C)c3)c(OC)c2)cc1OC. The van der Waals surface area contributed by atoms with Crippen molar-refractivity contribution in [2.45, 2.75) is 6.92 Å². The van der Waals surface area contributed by atoms with Gasteiger partial charge in [0.1, 0.15) is 0 Å². The van der Waals surface area contributed by atoms with Gasteiger partial charge in [-0.05, 0) is 60.5 Å². The average Bonchev–Trinajstić information content (AvgIpc) is 2.87. The number of carbonyl (C=O) groups is 2. The van der Waals surface area contributed by atoms with E-state index in [2.05, 4.69) is 15.8 Å². The maximum atomic E-state index is 12.4. The molecule has 0 radical (unpaired) electrons. The van der Waals surface area contributed by atoms with Crippen molar-refractivity contribution in [3.63, 3.8) is 0 Å². The number of aryl methyl sites for hydroxylation is 1. The van der Waals surface area contributed by atoms with Crippen molar-refractivity contribution in [2.24, 2.45) is 5.10 Å². The van der Waals surface area contributed by atoms with Crippen molar-refractivity contribution < 1.29 is 28.5 Å². The lowest BCUT2D eigenvalue weighted by Gasteiger charge is -2.13. The predicted octanol–water partition coefficient (Wildman–Crippen LogP) is 4.46. The fourth-order valence-electron chi connectivity index (χ4n) is 3.22. The van der Waals surface area contributed by atoms with Crippen LogP contribution in [-0.4, -0.2) is 46.0 Å². The topological polar surface area (TPSA) is 107 Å². The Morgan fingerprint density at radius 1 is 0.944 bits per heavy atom. The number of halogens is 1. The summed E-state index contributed by atoms with van der Waals surface area (Å²) in [4.78, 5) is 24.7. The van der Waals surface area contributed by atoms with Gasteiger partial charge in [0.05, 0.1) is 32.6 Å². The minimum absolute atomic E-state index is 0.213. The third-order valence-electron chi connectivity index (χ3n) is 4.93. The van der Waals surface area contributed by atoms with Crippen LogP contribution in [0.25, 0.3) is 0 Å². The van der Waals surface area contributed by atoms with Gasteiger partial charge in [0.2, 0.25) is 0 Å². The fourth-order valence-corrected chi connectivity index (χ4v) is 3.49. The molecule has 36 heavy (non-hydrogen) atoms. The molecule has 3 rings (SSSR count). The summed E-state index contributed by atoms with van der Waals surface area (Å²) in [6.45, 7) is 1.67. The van der Waals surface area contributed by atoms with Crippen LogP contribution in [0.3, 0.4) is 0 Å². The maximum absolute atomic E-state index is 12.4. The molecule has 2 amide bonds. The second kappa shape index (κ2) is 12.5. The molecule has 0 aliphatic rings. The highest BCUT2D eigenvalue weighted by Gasteiger charge is 2.14. The summed E-state index contributed by atoms with van der Waals surface area (Å²) in [6, 6.07) is 15.4. The Balaban J connectivity index is 1.64. The summed E-state index contributed by atoms with van der Waals surface area (Å²) in [5, 5.41) is 6.95. The van der Waals surface area contributed by atoms with Crippen LogP contribution in [0.5, 0.6) is 23.0 Å². The molecular formula is C26H26ClN3O6. The van der Waals surface area contributed by atoms with E-state index in [1.807, 2.05) is 25.1 Å². The van der Waals surface area contributed by atoms with E-state index in [4.69, 9.17) is 30.5 Å². The Labute approximate surface area is 214 Å². The number of hydrogen-bond acceptors (Lipinski definition) is 7. The molecular weight excluding hydrogens is 486 g/mol. The first-order chi connectivity index (χ1) is 17.3. The highest BCUT2D eigenvalue weighted by atomic mass is 35.5. The molecule has 0 aliphatic heterocycles. The van der Waals surface area contributed by atoms with Gasteiger partial charge in [0.25, 0.3) is 11.8 Å². The van der Waals surface area contributed by atoms with Crippen LogP contribution in [0.15, 0.2) is 59.7 Å². The minimum Gasteiger partial charge on any atom is -0.493 e. The Bertz CT molecular complexity index is 1280. The van der Waals surface area contributed by atoms with Gasteiger partial charge in [-0.25, -0.2) is 5.43 Å². The first-order valence-electron chi connectivity index (χ1n) is 10.8. The van der Waals surface area contributed by atoms with E-state index < -0.39 is 5.91 Å². The number of nitrogens with one attached hydrogen (secondary N) is 2. The molecule has 0 fully saturated rings. The highest BCUT2D eigenvalue weighted by Crippen LogP contribution is 2.36. The van der Waals surface area contributed by atoms with Crippen molar-refractivity contribution in [3.8, 4) is 23.0 Å². The molecule has 3 aromatic rings. The lowest BCUT2D eigenvalue weighted by molar-refractivity contribution is -0.118. The Morgan fingerprint density at radius 3 is 2.39 bits per heavy atom. The van der Waals surface area contributed by atoms with E-state index in [0.29, 0.717) is 34.1 Å². The van der Waals surface area contributed by atoms with Crippen LogP contribution in [0.2, 0.25) is 5.02 Å². The van der Waals surface area contributed by atoms with E-state index in [9.17, 15) is 9.59 Å². The molecule has 0 saturated carbocycles. The van der Waals surface area contributed by atoms with Gasteiger partial charge in [0.15, 0.2) is 29.6 Å². The number of anilines is 1. The summed E-state index contributed by atoms with van der Waals surface area (Å²) in [6.07, 6.45) is 1.40. The molecule has 0 atom stereocenters. The fraction of sp³-hybridized carbons (Fsp3) is 0.192. The Hall–Kier alpha value is -4.24. The van der Waals surface area contributed by atoms with Gasteiger partial charge < -0.3 is 24.3 Å². The van der Waals surface area contributed by atoms with E-state index in [1.54, 1.807) is 36.4 Å². The quantitative estimate of drug-likeness (QED) is 0.307. The standard InChI is InChI=1S/C26H26ClN3O6/c1-16-6-5-7-19(10-16)29-24(31)15-36-25-20(27)11-17(12-23(25)35-4)14-28-30-26(32)18-8-9-21(33-2)22(13-18)34-3/h5-14H,15H2,1-4H3,(H,29,31)(H,30,32)/b28-14+. The Kier molecular flexibility index (Phi) is 9.13. The van der Waals surface area contributed by atoms with Crippen molar-refractivity contribution in [1.29, 1.82) is 0 Å². The smallest absolute Gasteiger partial charge is 0.271 e. The van der Waals surface area contributed by atoms with Gasteiger partial charge in [0, 0.05) is 11.3 Å². The van der Waals surface area contributed by atoms with E-state index in [0.717, 1.165) is 5.56 Å². The van der Waals surface area contributed by atoms with Gasteiger partial charge in [-0.2, -0.15) is 5.10 Å². The molecule has 0 bridgehead atoms. The monoisotopic (exact) mass is 511 g/mol. The average molecular weight is 512 g/mol. The third kappa shape index (κ3) is 6.89. The van der Waals surface area contributed by atoms with E-state index in [1.165, 1.54) is 27.5 Å². The first-order valence-corrected chi connectivity index (χ1v) is 11.1. The predicted molar refractivity (Wildman–Crippen MR) is 138 cm³/mol. The molecule has 3 aromatic carbocycles. The van der Waals surface area contributed by atoms with Crippen LogP contribution in [0.4, 0.5) is 5.69 Å². The van der Waals surface area contributed by atoms with Crippen LogP contribution in [0, 0.1) is 6.92 Å². The molecule has 0 saturated heterocycles. The molecule has 2 N–H and O–H groups in total. The normalized spacial score (nSPS) is 10.6. The zero-order valence-electron chi connectivity index (χ0n) is 20.3. The molecule has 0 aromatic heterocycles. The summed E-state index contributed by atoms with van der Waals surface area (Å²) in [5.41, 5.74) is 5.02. The largest absolute Gasteiger partial charge is 0.493 e. The van der Waals surface area contributed by atoms with Crippen LogP contribution >= 0.6 is 11.6 Å².